The first-order valence-electron chi connectivity index (χ1n) is 6.27. The van der Waals surface area contributed by atoms with E-state index in [9.17, 15) is 18.4 Å². The van der Waals surface area contributed by atoms with Gasteiger partial charge in [0.05, 0.1) is 18.9 Å². The highest BCUT2D eigenvalue weighted by atomic mass is 32.1. The molecule has 23 heavy (non-hydrogen) atoms. The minimum absolute atomic E-state index is 0.00721. The fraction of sp³-hybridized carbons (Fsp3) is 0.286. The van der Waals surface area contributed by atoms with Crippen LogP contribution in [-0.2, 0) is 19.1 Å². The monoisotopic (exact) mass is 346 g/mol. The van der Waals surface area contributed by atoms with E-state index in [-0.39, 0.29) is 10.1 Å². The average molecular weight is 346 g/mol. The number of hydrogen-bond acceptors (Lipinski definition) is 7. The molecule has 0 aliphatic rings. The zero-order chi connectivity index (χ0) is 17.0. The number of hydrogen-bond donors (Lipinski definition) is 0. The molecule has 2 aromatic rings. The van der Waals surface area contributed by atoms with Crippen LogP contribution in [0.2, 0.25) is 0 Å². The van der Waals surface area contributed by atoms with Crippen LogP contribution >= 0.6 is 11.3 Å². The summed E-state index contributed by atoms with van der Waals surface area (Å²) in [5, 5.41) is 1.48. The molecule has 0 radical (unpaired) electrons. The number of benzene rings is 1. The molecule has 0 fully saturated rings. The van der Waals surface area contributed by atoms with Crippen LogP contribution in [0.3, 0.4) is 0 Å². The van der Waals surface area contributed by atoms with Crippen LogP contribution in [0.1, 0.15) is 0 Å². The first-order valence-corrected chi connectivity index (χ1v) is 7.15. The van der Waals surface area contributed by atoms with E-state index in [0.717, 1.165) is 25.6 Å². The van der Waals surface area contributed by atoms with Gasteiger partial charge in [-0.15, -0.1) is 11.3 Å². The van der Waals surface area contributed by atoms with Crippen molar-refractivity contribution in [2.24, 2.45) is 0 Å². The highest BCUT2D eigenvalue weighted by molar-refractivity contribution is 7.17. The van der Waals surface area contributed by atoms with E-state index in [1.165, 1.54) is 11.4 Å². The number of esters is 2. The van der Waals surface area contributed by atoms with Crippen molar-refractivity contribution in [1.29, 1.82) is 0 Å². The Morgan fingerprint density at radius 3 is 2.04 bits per heavy atom. The molecule has 0 saturated heterocycles. The third-order valence-electron chi connectivity index (χ3n) is 2.83. The molecule has 0 aliphatic heterocycles. The highest BCUT2D eigenvalue weighted by Gasteiger charge is 2.25. The highest BCUT2D eigenvalue weighted by Crippen LogP contribution is 2.41. The maximum Gasteiger partial charge on any atom is 0.343 e. The fourth-order valence-corrected chi connectivity index (χ4v) is 2.54. The van der Waals surface area contributed by atoms with Crippen molar-refractivity contribution in [2.45, 2.75) is 0 Å². The predicted octanol–water partition coefficient (Wildman–Crippen LogP) is 2.28. The molecular formula is C14H12F2O6S. The number of carbonyl (C=O) groups excluding carboxylic acids is 2. The number of ether oxygens (including phenoxy) is 4. The molecule has 9 heteroatoms. The molecule has 0 atom stereocenters. The molecule has 0 spiro atoms. The summed E-state index contributed by atoms with van der Waals surface area (Å²) >= 11 is 0.962. The van der Waals surface area contributed by atoms with Crippen LogP contribution in [0.15, 0.2) is 11.4 Å². The van der Waals surface area contributed by atoms with Gasteiger partial charge in [-0.2, -0.15) is 0 Å². The second-order valence-electron chi connectivity index (χ2n) is 4.18. The second-order valence-corrected chi connectivity index (χ2v) is 5.10. The molecule has 1 heterocycles. The normalized spacial score (nSPS) is 10.4. The van der Waals surface area contributed by atoms with Gasteiger partial charge in [-0.25, -0.2) is 18.4 Å². The van der Waals surface area contributed by atoms with Crippen molar-refractivity contribution < 1.29 is 37.3 Å². The molecule has 0 unspecified atom stereocenters. The Hall–Kier alpha value is -2.42. The molecule has 1 aromatic heterocycles. The van der Waals surface area contributed by atoms with Crippen molar-refractivity contribution in [1.82, 2.24) is 0 Å². The number of rotatable bonds is 6. The Bertz CT molecular complexity index is 682. The summed E-state index contributed by atoms with van der Waals surface area (Å²) in [6, 6.07) is 1.37. The van der Waals surface area contributed by atoms with E-state index >= 15 is 0 Å². The third kappa shape index (κ3) is 3.50. The minimum atomic E-state index is -0.897. The van der Waals surface area contributed by atoms with Gasteiger partial charge in [0.1, 0.15) is 0 Å². The van der Waals surface area contributed by atoms with Crippen LogP contribution in [0, 0.1) is 11.6 Å². The van der Waals surface area contributed by atoms with Gasteiger partial charge < -0.3 is 18.9 Å². The summed E-state index contributed by atoms with van der Waals surface area (Å²) in [6.07, 6.45) is 0. The maximum atomic E-state index is 14.5. The minimum Gasteiger partial charge on any atom is -0.475 e. The van der Waals surface area contributed by atoms with Gasteiger partial charge in [0, 0.05) is 5.39 Å². The zero-order valence-corrected chi connectivity index (χ0v) is 13.0. The second kappa shape index (κ2) is 7.23. The molecule has 0 N–H and O–H groups in total. The first-order chi connectivity index (χ1) is 11.0. The number of carbonyl (C=O) groups is 2. The van der Waals surface area contributed by atoms with Crippen LogP contribution in [-0.4, -0.2) is 39.4 Å². The van der Waals surface area contributed by atoms with E-state index in [1.54, 1.807) is 0 Å². The Morgan fingerprint density at radius 2 is 1.52 bits per heavy atom. The number of halogens is 2. The van der Waals surface area contributed by atoms with Crippen molar-refractivity contribution in [3.63, 3.8) is 0 Å². The van der Waals surface area contributed by atoms with E-state index < -0.39 is 48.3 Å². The Labute approximate surface area is 133 Å². The predicted molar refractivity (Wildman–Crippen MR) is 76.8 cm³/mol. The molecule has 0 bridgehead atoms. The summed E-state index contributed by atoms with van der Waals surface area (Å²) in [4.78, 5) is 22.3. The largest absolute Gasteiger partial charge is 0.475 e. The van der Waals surface area contributed by atoms with Crippen molar-refractivity contribution >= 4 is 33.4 Å². The smallest absolute Gasteiger partial charge is 0.343 e. The molecule has 124 valence electrons. The van der Waals surface area contributed by atoms with Gasteiger partial charge in [-0.05, 0) is 11.4 Å². The lowest BCUT2D eigenvalue weighted by Gasteiger charge is -2.14. The number of fused-ring (bicyclic) bond motifs is 1. The summed E-state index contributed by atoms with van der Waals surface area (Å²) in [5.41, 5.74) is 0. The Balaban J connectivity index is 2.44. The standard InChI is InChI=1S/C14H12F2O6S/c1-19-8(17)5-21-12-10(15)7-3-4-23-14(7)11(16)13(12)22-6-9(18)20-2/h3-4H,5-6H2,1-2H3. The third-order valence-corrected chi connectivity index (χ3v) is 3.74. The molecule has 0 aliphatic carbocycles. The van der Waals surface area contributed by atoms with E-state index in [2.05, 4.69) is 9.47 Å². The van der Waals surface area contributed by atoms with E-state index in [0.29, 0.717) is 0 Å². The lowest BCUT2D eigenvalue weighted by atomic mass is 10.2. The lowest BCUT2D eigenvalue weighted by Crippen LogP contribution is -2.17. The fourth-order valence-electron chi connectivity index (χ4n) is 1.71. The quantitative estimate of drug-likeness (QED) is 0.748. The van der Waals surface area contributed by atoms with Crippen molar-refractivity contribution in [3.05, 3.63) is 23.1 Å². The topological polar surface area (TPSA) is 71.1 Å². The van der Waals surface area contributed by atoms with Crippen molar-refractivity contribution in [3.8, 4) is 11.5 Å². The first kappa shape index (κ1) is 16.9. The summed E-state index contributed by atoms with van der Waals surface area (Å²) in [5.74, 6) is -4.56. The molecule has 1 aromatic carbocycles. The van der Waals surface area contributed by atoms with Crippen LogP contribution in [0.5, 0.6) is 11.5 Å². The van der Waals surface area contributed by atoms with Gasteiger partial charge >= 0.3 is 11.9 Å². The van der Waals surface area contributed by atoms with Crippen LogP contribution < -0.4 is 9.47 Å². The summed E-state index contributed by atoms with van der Waals surface area (Å²) in [7, 11) is 2.25. The van der Waals surface area contributed by atoms with Gasteiger partial charge in [-0.1, -0.05) is 0 Å². The van der Waals surface area contributed by atoms with E-state index in [1.807, 2.05) is 0 Å². The zero-order valence-electron chi connectivity index (χ0n) is 12.2. The number of thiophene rings is 1. The average Bonchev–Trinajstić information content (AvgIpc) is 3.05. The molecular weight excluding hydrogens is 334 g/mol. The van der Waals surface area contributed by atoms with Crippen molar-refractivity contribution in [2.75, 3.05) is 27.4 Å². The summed E-state index contributed by atoms with van der Waals surface area (Å²) in [6.45, 7) is -1.28. The summed E-state index contributed by atoms with van der Waals surface area (Å²) < 4.78 is 47.7. The number of methoxy groups -OCH3 is 2. The molecule has 0 saturated carbocycles. The van der Waals surface area contributed by atoms with Crippen LogP contribution in [0.4, 0.5) is 8.78 Å². The van der Waals surface area contributed by atoms with Gasteiger partial charge in [-0.3, -0.25) is 0 Å². The lowest BCUT2D eigenvalue weighted by molar-refractivity contribution is -0.144. The van der Waals surface area contributed by atoms with Gasteiger partial charge in [0.2, 0.25) is 11.5 Å². The Kier molecular flexibility index (Phi) is 5.32. The Morgan fingerprint density at radius 1 is 1.00 bits per heavy atom. The SMILES string of the molecule is COC(=O)COc1c(OCC(=O)OC)c(F)c2sccc2c1F. The molecule has 2 rings (SSSR count). The maximum absolute atomic E-state index is 14.5. The van der Waals surface area contributed by atoms with Crippen LogP contribution in [0.25, 0.3) is 10.1 Å². The molecule has 6 nitrogen and oxygen atoms in total. The van der Waals surface area contributed by atoms with E-state index in [4.69, 9.17) is 9.47 Å². The van der Waals surface area contributed by atoms with Gasteiger partial charge in [0.25, 0.3) is 0 Å². The van der Waals surface area contributed by atoms with Gasteiger partial charge in [0.15, 0.2) is 24.8 Å². The molecule has 0 amide bonds.